The predicted octanol–water partition coefficient (Wildman–Crippen LogP) is -1.27. The van der Waals surface area contributed by atoms with Gasteiger partial charge in [0, 0.05) is 19.0 Å². The van der Waals surface area contributed by atoms with Crippen LogP contribution in [0.3, 0.4) is 0 Å². The van der Waals surface area contributed by atoms with Gasteiger partial charge in [0.05, 0.1) is 6.61 Å². The molecule has 0 aromatic heterocycles. The predicted molar refractivity (Wildman–Crippen MR) is 58.3 cm³/mol. The zero-order valence-corrected chi connectivity index (χ0v) is 9.28. The van der Waals surface area contributed by atoms with Gasteiger partial charge in [-0.05, 0) is 18.8 Å². The monoisotopic (exact) mass is 229 g/mol. The maximum absolute atomic E-state index is 11.3. The van der Waals surface area contributed by atoms with Crippen molar-refractivity contribution in [3.05, 3.63) is 0 Å². The fourth-order valence-electron chi connectivity index (χ4n) is 1.41. The number of rotatable bonds is 8. The molecule has 5 N–H and O–H groups in total. The first-order chi connectivity index (χ1) is 7.59. The normalized spacial score (nSPS) is 16.8. The first kappa shape index (κ1) is 12.9. The Morgan fingerprint density at radius 1 is 1.44 bits per heavy atom. The summed E-state index contributed by atoms with van der Waals surface area (Å²) in [5.41, 5.74) is 10.7. The van der Waals surface area contributed by atoms with E-state index in [1.54, 1.807) is 0 Å². The lowest BCUT2D eigenvalue weighted by atomic mass is 10.1. The van der Waals surface area contributed by atoms with Gasteiger partial charge in [-0.25, -0.2) is 0 Å². The third-order valence-electron chi connectivity index (χ3n) is 2.46. The second-order valence-corrected chi connectivity index (χ2v) is 4.07. The van der Waals surface area contributed by atoms with E-state index in [1.165, 1.54) is 0 Å². The molecule has 1 saturated carbocycles. The van der Waals surface area contributed by atoms with E-state index in [-0.39, 0.29) is 25.2 Å². The molecule has 6 heteroatoms. The summed E-state index contributed by atoms with van der Waals surface area (Å²) in [6, 6.07) is -0.0217. The standard InChI is InChI=1S/C10H19N3O3/c11-8(7-1-2-7)5-10(15)13-3-4-16-6-9(12)14/h7-8H,1-6,11H2,(H2,12,14)(H,13,15). The molecule has 0 aromatic rings. The minimum absolute atomic E-state index is 0.0217. The van der Waals surface area contributed by atoms with Gasteiger partial charge in [0.2, 0.25) is 11.8 Å². The van der Waals surface area contributed by atoms with E-state index in [4.69, 9.17) is 16.2 Å². The zero-order chi connectivity index (χ0) is 12.0. The summed E-state index contributed by atoms with van der Waals surface area (Å²) in [6.45, 7) is 0.550. The highest BCUT2D eigenvalue weighted by Gasteiger charge is 2.29. The van der Waals surface area contributed by atoms with E-state index in [0.29, 0.717) is 18.9 Å². The van der Waals surface area contributed by atoms with Crippen molar-refractivity contribution < 1.29 is 14.3 Å². The Morgan fingerprint density at radius 3 is 2.69 bits per heavy atom. The van der Waals surface area contributed by atoms with Crippen molar-refractivity contribution in [2.24, 2.45) is 17.4 Å². The Hall–Kier alpha value is -1.14. The van der Waals surface area contributed by atoms with Crippen LogP contribution < -0.4 is 16.8 Å². The largest absolute Gasteiger partial charge is 0.370 e. The Balaban J connectivity index is 1.95. The molecular weight excluding hydrogens is 210 g/mol. The van der Waals surface area contributed by atoms with Crippen LogP contribution in [0.4, 0.5) is 0 Å². The number of carbonyl (C=O) groups excluding carboxylic acids is 2. The van der Waals surface area contributed by atoms with Crippen LogP contribution >= 0.6 is 0 Å². The molecule has 0 aliphatic heterocycles. The molecule has 2 amide bonds. The smallest absolute Gasteiger partial charge is 0.243 e. The molecule has 92 valence electrons. The molecule has 0 radical (unpaired) electrons. The van der Waals surface area contributed by atoms with Crippen LogP contribution in [0.15, 0.2) is 0 Å². The molecule has 1 unspecified atom stereocenters. The van der Waals surface area contributed by atoms with Crippen LogP contribution in [-0.4, -0.2) is 37.6 Å². The molecule has 16 heavy (non-hydrogen) atoms. The number of hydrogen-bond donors (Lipinski definition) is 3. The molecular formula is C10H19N3O3. The first-order valence-corrected chi connectivity index (χ1v) is 5.48. The van der Waals surface area contributed by atoms with E-state index in [0.717, 1.165) is 12.8 Å². The summed E-state index contributed by atoms with van der Waals surface area (Å²) < 4.78 is 4.89. The minimum atomic E-state index is -0.512. The number of nitrogens with two attached hydrogens (primary N) is 2. The van der Waals surface area contributed by atoms with Crippen molar-refractivity contribution in [2.75, 3.05) is 19.8 Å². The van der Waals surface area contributed by atoms with Crippen LogP contribution in [-0.2, 0) is 14.3 Å². The molecule has 6 nitrogen and oxygen atoms in total. The highest BCUT2D eigenvalue weighted by atomic mass is 16.5. The molecule has 1 fully saturated rings. The molecule has 0 aromatic carbocycles. The summed E-state index contributed by atoms with van der Waals surface area (Å²) in [4.78, 5) is 21.7. The SMILES string of the molecule is NC(=O)COCCNC(=O)CC(N)C1CC1. The van der Waals surface area contributed by atoms with Gasteiger partial charge in [-0.15, -0.1) is 0 Å². The van der Waals surface area contributed by atoms with Gasteiger partial charge in [0.25, 0.3) is 0 Å². The van der Waals surface area contributed by atoms with E-state index >= 15 is 0 Å². The molecule has 1 atom stereocenters. The van der Waals surface area contributed by atoms with Crippen molar-refractivity contribution in [1.82, 2.24) is 5.32 Å². The van der Waals surface area contributed by atoms with Crippen LogP contribution in [0.1, 0.15) is 19.3 Å². The van der Waals surface area contributed by atoms with Crippen molar-refractivity contribution >= 4 is 11.8 Å². The lowest BCUT2D eigenvalue weighted by Gasteiger charge is -2.10. The Morgan fingerprint density at radius 2 is 2.12 bits per heavy atom. The third kappa shape index (κ3) is 5.67. The molecule has 0 heterocycles. The van der Waals surface area contributed by atoms with E-state index in [1.807, 2.05) is 0 Å². The Bertz CT molecular complexity index is 254. The van der Waals surface area contributed by atoms with Crippen molar-refractivity contribution in [1.29, 1.82) is 0 Å². The van der Waals surface area contributed by atoms with E-state index < -0.39 is 5.91 Å². The maximum Gasteiger partial charge on any atom is 0.243 e. The van der Waals surface area contributed by atoms with Gasteiger partial charge >= 0.3 is 0 Å². The molecule has 1 aliphatic carbocycles. The maximum atomic E-state index is 11.3. The fourth-order valence-corrected chi connectivity index (χ4v) is 1.41. The van der Waals surface area contributed by atoms with Crippen LogP contribution in [0.2, 0.25) is 0 Å². The van der Waals surface area contributed by atoms with Crippen molar-refractivity contribution in [3.8, 4) is 0 Å². The summed E-state index contributed by atoms with van der Waals surface area (Å²) in [7, 11) is 0. The fraction of sp³-hybridized carbons (Fsp3) is 0.800. The molecule has 1 rings (SSSR count). The second-order valence-electron chi connectivity index (χ2n) is 4.07. The van der Waals surface area contributed by atoms with Gasteiger partial charge in [-0.1, -0.05) is 0 Å². The highest BCUT2D eigenvalue weighted by molar-refractivity contribution is 5.76. The summed E-state index contributed by atoms with van der Waals surface area (Å²) in [5.74, 6) is -0.0546. The average molecular weight is 229 g/mol. The molecule has 1 aliphatic rings. The van der Waals surface area contributed by atoms with Gasteiger partial charge < -0.3 is 21.5 Å². The summed E-state index contributed by atoms with van der Waals surface area (Å²) >= 11 is 0. The highest BCUT2D eigenvalue weighted by Crippen LogP contribution is 2.32. The summed E-state index contributed by atoms with van der Waals surface area (Å²) in [5, 5.41) is 2.67. The Labute approximate surface area is 94.7 Å². The summed E-state index contributed by atoms with van der Waals surface area (Å²) in [6.07, 6.45) is 2.63. The average Bonchev–Trinajstić information content (AvgIpc) is 2.99. The number of hydrogen-bond acceptors (Lipinski definition) is 4. The third-order valence-corrected chi connectivity index (χ3v) is 2.46. The minimum Gasteiger partial charge on any atom is -0.370 e. The van der Waals surface area contributed by atoms with Crippen LogP contribution in [0.5, 0.6) is 0 Å². The lowest BCUT2D eigenvalue weighted by Crippen LogP contribution is -2.34. The molecule has 0 saturated heterocycles. The van der Waals surface area contributed by atoms with Gasteiger partial charge in [-0.2, -0.15) is 0 Å². The van der Waals surface area contributed by atoms with Crippen LogP contribution in [0.25, 0.3) is 0 Å². The van der Waals surface area contributed by atoms with Gasteiger partial charge in [-0.3, -0.25) is 9.59 Å². The number of primary amides is 1. The second kappa shape index (κ2) is 6.44. The van der Waals surface area contributed by atoms with Gasteiger partial charge in [0.1, 0.15) is 6.61 Å². The zero-order valence-electron chi connectivity index (χ0n) is 9.28. The first-order valence-electron chi connectivity index (χ1n) is 5.48. The molecule has 0 spiro atoms. The number of nitrogens with one attached hydrogen (secondary N) is 1. The number of ether oxygens (including phenoxy) is 1. The van der Waals surface area contributed by atoms with Crippen LogP contribution in [0, 0.1) is 5.92 Å². The van der Waals surface area contributed by atoms with E-state index in [2.05, 4.69) is 5.32 Å². The number of carbonyl (C=O) groups is 2. The lowest BCUT2D eigenvalue weighted by molar-refractivity contribution is -0.122. The molecule has 0 bridgehead atoms. The van der Waals surface area contributed by atoms with Gasteiger partial charge in [0.15, 0.2) is 0 Å². The van der Waals surface area contributed by atoms with E-state index in [9.17, 15) is 9.59 Å². The quantitative estimate of drug-likeness (QED) is 0.451. The number of amides is 2. The Kier molecular flexibility index (Phi) is 5.21. The van der Waals surface area contributed by atoms with Crippen molar-refractivity contribution in [3.63, 3.8) is 0 Å². The topological polar surface area (TPSA) is 107 Å². The van der Waals surface area contributed by atoms with Crippen molar-refractivity contribution in [2.45, 2.75) is 25.3 Å².